The van der Waals surface area contributed by atoms with E-state index in [1.165, 1.54) is 21.3 Å². The highest BCUT2D eigenvalue weighted by atomic mass is 35.5. The van der Waals surface area contributed by atoms with Crippen LogP contribution in [0.25, 0.3) is 0 Å². The molecule has 0 spiro atoms. The number of nitrogens with zero attached hydrogens (tertiary/aromatic N) is 2. The lowest BCUT2D eigenvalue weighted by atomic mass is 10.0. The zero-order valence-electron chi connectivity index (χ0n) is 17.6. The van der Waals surface area contributed by atoms with E-state index in [4.69, 9.17) is 11.6 Å². The van der Waals surface area contributed by atoms with Gasteiger partial charge in [0.1, 0.15) is 5.25 Å². The van der Waals surface area contributed by atoms with E-state index in [1.54, 1.807) is 24.3 Å². The van der Waals surface area contributed by atoms with Crippen LogP contribution in [-0.2, 0) is 16.2 Å². The molecule has 4 rings (SSSR count). The third-order valence-electron chi connectivity index (χ3n) is 6.07. The van der Waals surface area contributed by atoms with Gasteiger partial charge in [-0.1, -0.05) is 35.9 Å². The van der Waals surface area contributed by atoms with Crippen molar-refractivity contribution in [2.24, 2.45) is 0 Å². The highest BCUT2D eigenvalue weighted by Crippen LogP contribution is 2.36. The molecule has 2 heterocycles. The molecule has 2 fully saturated rings. The van der Waals surface area contributed by atoms with E-state index in [0.29, 0.717) is 23.7 Å². The third kappa shape index (κ3) is 4.97. The predicted molar refractivity (Wildman–Crippen MR) is 118 cm³/mol. The first-order chi connectivity index (χ1) is 15.6. The van der Waals surface area contributed by atoms with Gasteiger partial charge in [0, 0.05) is 31.2 Å². The van der Waals surface area contributed by atoms with Gasteiger partial charge in [-0.25, -0.2) is 17.5 Å². The van der Waals surface area contributed by atoms with Crippen molar-refractivity contribution in [2.75, 3.05) is 26.2 Å². The lowest BCUT2D eigenvalue weighted by Crippen LogP contribution is -2.40. The molecule has 2 aliphatic heterocycles. The molecule has 2 aromatic carbocycles. The highest BCUT2D eigenvalue weighted by molar-refractivity contribution is 7.89. The summed E-state index contributed by atoms with van der Waals surface area (Å²) in [7, 11) is -3.83. The summed E-state index contributed by atoms with van der Waals surface area (Å²) in [4.78, 5) is 14.0. The molecule has 0 saturated carbocycles. The Hall–Kier alpha value is -2.30. The zero-order valence-corrected chi connectivity index (χ0v) is 19.1. The fourth-order valence-corrected chi connectivity index (χ4v) is 6.42. The van der Waals surface area contributed by atoms with Crippen molar-refractivity contribution >= 4 is 27.7 Å². The summed E-state index contributed by atoms with van der Waals surface area (Å²) in [6.45, 7) is 0.676. The zero-order chi connectivity index (χ0) is 23.8. The Kier molecular flexibility index (Phi) is 6.61. The molecule has 0 bridgehead atoms. The fourth-order valence-electron chi connectivity index (χ4n) is 4.32. The summed E-state index contributed by atoms with van der Waals surface area (Å²) >= 11 is 5.98. The Labute approximate surface area is 195 Å². The monoisotopic (exact) mass is 501 g/mol. The van der Waals surface area contributed by atoms with Crippen LogP contribution in [0.1, 0.15) is 40.8 Å². The summed E-state index contributed by atoms with van der Waals surface area (Å²) in [6, 6.07) is 9.89. The maximum Gasteiger partial charge on any atom is 0.416 e. The summed E-state index contributed by atoms with van der Waals surface area (Å²) < 4.78 is 68.2. The fraction of sp³-hybridized carbons (Fsp3) is 0.409. The number of rotatable bonds is 6. The van der Waals surface area contributed by atoms with E-state index >= 15 is 0 Å². The van der Waals surface area contributed by atoms with Gasteiger partial charge in [0.2, 0.25) is 10.0 Å². The second kappa shape index (κ2) is 9.15. The van der Waals surface area contributed by atoms with E-state index in [-0.39, 0.29) is 18.7 Å². The van der Waals surface area contributed by atoms with Crippen LogP contribution in [0.2, 0.25) is 5.02 Å². The molecule has 2 saturated heterocycles. The average molecular weight is 502 g/mol. The predicted octanol–water partition coefficient (Wildman–Crippen LogP) is 4.59. The molecule has 33 heavy (non-hydrogen) atoms. The van der Waals surface area contributed by atoms with Crippen molar-refractivity contribution in [3.8, 4) is 0 Å². The van der Waals surface area contributed by atoms with Gasteiger partial charge in [0.05, 0.1) is 11.6 Å². The van der Waals surface area contributed by atoms with Gasteiger partial charge in [-0.2, -0.15) is 13.2 Å². The number of hydrogen-bond acceptors (Lipinski definition) is 3. The smallest absolute Gasteiger partial charge is 0.336 e. The summed E-state index contributed by atoms with van der Waals surface area (Å²) in [5.41, 5.74) is -0.0661. The van der Waals surface area contributed by atoms with Crippen molar-refractivity contribution in [3.05, 3.63) is 70.2 Å². The molecule has 0 radical (unpaired) electrons. The maximum absolute atomic E-state index is 13.5. The van der Waals surface area contributed by atoms with Gasteiger partial charge < -0.3 is 10.2 Å². The van der Waals surface area contributed by atoms with Crippen LogP contribution < -0.4 is 5.32 Å². The first kappa shape index (κ1) is 23.8. The van der Waals surface area contributed by atoms with Gasteiger partial charge in [-0.15, -0.1) is 0 Å². The summed E-state index contributed by atoms with van der Waals surface area (Å²) in [5.74, 6) is 0. The van der Waals surface area contributed by atoms with E-state index < -0.39 is 39.1 Å². The molecule has 2 amide bonds. The van der Waals surface area contributed by atoms with Crippen LogP contribution in [0.5, 0.6) is 0 Å². The number of nitrogens with one attached hydrogen (secondary N) is 1. The van der Waals surface area contributed by atoms with E-state index in [2.05, 4.69) is 5.32 Å². The highest BCUT2D eigenvalue weighted by Gasteiger charge is 2.41. The van der Waals surface area contributed by atoms with E-state index in [1.807, 2.05) is 0 Å². The Morgan fingerprint density at radius 2 is 1.76 bits per heavy atom. The van der Waals surface area contributed by atoms with Crippen molar-refractivity contribution in [2.45, 2.75) is 30.3 Å². The molecule has 0 aromatic heterocycles. The third-order valence-corrected chi connectivity index (χ3v) is 8.55. The van der Waals surface area contributed by atoms with Crippen LogP contribution >= 0.6 is 11.6 Å². The molecule has 2 aliphatic rings. The molecule has 2 aromatic rings. The SMILES string of the molecule is O=C1NC[C@H](c2cccc(C(F)(F)F)c2)N1CC(c1ccc(Cl)cc1)S(=O)(=O)N1CCCC1. The first-order valence-electron chi connectivity index (χ1n) is 10.5. The number of carbonyl (C=O) groups is 1. The molecular weight excluding hydrogens is 479 g/mol. The van der Waals surface area contributed by atoms with Crippen LogP contribution in [-0.4, -0.2) is 49.8 Å². The molecule has 0 aliphatic carbocycles. The Morgan fingerprint density at radius 1 is 1.09 bits per heavy atom. The van der Waals surface area contributed by atoms with Gasteiger partial charge in [0.25, 0.3) is 0 Å². The van der Waals surface area contributed by atoms with Crippen LogP contribution in [0, 0.1) is 0 Å². The minimum Gasteiger partial charge on any atom is -0.336 e. The lowest BCUT2D eigenvalue weighted by molar-refractivity contribution is -0.137. The Balaban J connectivity index is 1.69. The number of halogens is 4. The molecule has 11 heteroatoms. The number of carbonyl (C=O) groups excluding carboxylic acids is 1. The quantitative estimate of drug-likeness (QED) is 0.629. The van der Waals surface area contributed by atoms with Crippen LogP contribution in [0.15, 0.2) is 48.5 Å². The molecule has 178 valence electrons. The van der Waals surface area contributed by atoms with Crippen molar-refractivity contribution < 1.29 is 26.4 Å². The Bertz CT molecular complexity index is 1120. The van der Waals surface area contributed by atoms with Crippen LogP contribution in [0.3, 0.4) is 0 Å². The largest absolute Gasteiger partial charge is 0.416 e. The molecule has 1 unspecified atom stereocenters. The minimum atomic E-state index is -4.53. The number of hydrogen-bond donors (Lipinski definition) is 1. The normalized spacial score (nSPS) is 20.8. The molecule has 2 atom stereocenters. The molecular formula is C22H23ClF3N3O3S. The van der Waals surface area contributed by atoms with Crippen molar-refractivity contribution in [3.63, 3.8) is 0 Å². The van der Waals surface area contributed by atoms with Gasteiger partial charge >= 0.3 is 12.2 Å². The van der Waals surface area contributed by atoms with Gasteiger partial charge in [-0.3, -0.25) is 0 Å². The van der Waals surface area contributed by atoms with Crippen LogP contribution in [0.4, 0.5) is 18.0 Å². The molecule has 6 nitrogen and oxygen atoms in total. The second-order valence-electron chi connectivity index (χ2n) is 8.17. The topological polar surface area (TPSA) is 69.7 Å². The van der Waals surface area contributed by atoms with Gasteiger partial charge in [0.15, 0.2) is 0 Å². The van der Waals surface area contributed by atoms with Crippen molar-refractivity contribution in [1.82, 2.24) is 14.5 Å². The number of alkyl halides is 3. The average Bonchev–Trinajstić information content (AvgIpc) is 3.43. The lowest BCUT2D eigenvalue weighted by Gasteiger charge is -2.31. The number of urea groups is 1. The summed E-state index contributed by atoms with van der Waals surface area (Å²) in [6.07, 6.45) is -3.02. The second-order valence-corrected chi connectivity index (χ2v) is 10.7. The van der Waals surface area contributed by atoms with E-state index in [9.17, 15) is 26.4 Å². The van der Waals surface area contributed by atoms with E-state index in [0.717, 1.165) is 25.0 Å². The Morgan fingerprint density at radius 3 is 2.39 bits per heavy atom. The van der Waals surface area contributed by atoms with Crippen molar-refractivity contribution in [1.29, 1.82) is 0 Å². The number of sulfonamides is 1. The first-order valence-corrected chi connectivity index (χ1v) is 12.4. The minimum absolute atomic E-state index is 0.0806. The number of amides is 2. The van der Waals surface area contributed by atoms with Gasteiger partial charge in [-0.05, 0) is 48.2 Å². The summed E-state index contributed by atoms with van der Waals surface area (Å²) in [5, 5.41) is 2.00. The maximum atomic E-state index is 13.5. The number of benzene rings is 2. The molecule has 1 N–H and O–H groups in total. The standard InChI is InChI=1S/C22H23ClF3N3O3S/c23-18-8-6-15(7-9-18)20(33(31,32)28-10-1-2-11-28)14-29-19(13-27-21(29)30)16-4-3-5-17(12-16)22(24,25)26/h3-9,12,19-20H,1-2,10-11,13-14H2,(H,27,30)/t19-,20?/m1/s1.